The average molecular weight is 420 g/mol. The number of hydrogen-bond acceptors (Lipinski definition) is 7. The maximum absolute atomic E-state index is 13.2. The number of rotatable bonds is 4. The molecule has 0 aromatic carbocycles. The van der Waals surface area contributed by atoms with Crippen molar-refractivity contribution < 1.29 is 9.32 Å². The molecule has 3 aromatic heterocycles. The molecule has 31 heavy (non-hydrogen) atoms. The Kier molecular flexibility index (Phi) is 4.80. The molecule has 0 unspecified atom stereocenters. The van der Waals surface area contributed by atoms with Gasteiger partial charge in [0.05, 0.1) is 6.54 Å². The third-order valence-corrected chi connectivity index (χ3v) is 6.19. The summed E-state index contributed by atoms with van der Waals surface area (Å²) in [7, 11) is 1.66. The fourth-order valence-corrected chi connectivity index (χ4v) is 4.75. The summed E-state index contributed by atoms with van der Waals surface area (Å²) < 4.78 is 6.63. The van der Waals surface area contributed by atoms with Crippen LogP contribution in [-0.4, -0.2) is 50.6 Å². The van der Waals surface area contributed by atoms with Gasteiger partial charge in [-0.05, 0) is 31.4 Å². The predicted octanol–water partition coefficient (Wildman–Crippen LogP) is 1.83. The van der Waals surface area contributed by atoms with E-state index in [2.05, 4.69) is 20.0 Å². The highest BCUT2D eigenvalue weighted by Gasteiger charge is 2.36. The number of anilines is 1. The Labute approximate surface area is 179 Å². The van der Waals surface area contributed by atoms with Crippen molar-refractivity contribution in [3.8, 4) is 0 Å². The van der Waals surface area contributed by atoms with Gasteiger partial charge in [-0.1, -0.05) is 5.16 Å². The van der Waals surface area contributed by atoms with E-state index in [9.17, 15) is 9.59 Å². The molecule has 0 saturated carbocycles. The number of piperidine rings is 1. The summed E-state index contributed by atoms with van der Waals surface area (Å²) in [4.78, 5) is 38.6. The van der Waals surface area contributed by atoms with E-state index in [4.69, 9.17) is 4.52 Å². The van der Waals surface area contributed by atoms with Gasteiger partial charge in [-0.25, -0.2) is 9.97 Å². The highest BCUT2D eigenvalue weighted by Crippen LogP contribution is 2.36. The Morgan fingerprint density at radius 2 is 2.10 bits per heavy atom. The van der Waals surface area contributed by atoms with Crippen molar-refractivity contribution >= 4 is 11.7 Å². The fraction of sp³-hybridized carbons (Fsp3) is 0.409. The Bertz CT molecular complexity index is 1170. The molecule has 1 saturated heterocycles. The highest BCUT2D eigenvalue weighted by atomic mass is 16.5. The molecule has 0 N–H and O–H groups in total. The maximum Gasteiger partial charge on any atom is 0.263 e. The molecule has 0 aliphatic carbocycles. The van der Waals surface area contributed by atoms with E-state index >= 15 is 0 Å². The van der Waals surface area contributed by atoms with E-state index in [1.165, 1.54) is 11.2 Å². The minimum atomic E-state index is -0.308. The molecule has 3 aromatic rings. The second-order valence-electron chi connectivity index (χ2n) is 8.46. The summed E-state index contributed by atoms with van der Waals surface area (Å²) in [5.41, 5.74) is 2.56. The van der Waals surface area contributed by atoms with E-state index < -0.39 is 0 Å². The molecule has 2 bridgehead atoms. The molecule has 0 radical (unpaired) electrons. The Hall–Kier alpha value is -3.49. The number of aromatic nitrogens is 4. The Morgan fingerprint density at radius 1 is 1.23 bits per heavy atom. The van der Waals surface area contributed by atoms with Crippen LogP contribution < -0.4 is 10.5 Å². The van der Waals surface area contributed by atoms with Crippen LogP contribution in [0.3, 0.4) is 0 Å². The van der Waals surface area contributed by atoms with Crippen molar-refractivity contribution in [2.24, 2.45) is 5.92 Å². The lowest BCUT2D eigenvalue weighted by Gasteiger charge is -2.43. The van der Waals surface area contributed by atoms with Crippen LogP contribution in [0.5, 0.6) is 0 Å². The largest absolute Gasteiger partial charge is 0.364 e. The standard InChI is InChI=1S/C22H24N6O3/c1-14-7-20(24-13-23-14)27-9-15-8-16(11-27)19-4-3-18(22(30)28(19)10-15)21(29)26(2)12-17-5-6-31-25-17/h3-7,13,15-16H,8-12H2,1-2H3/t15-,16+/m0/s1. The van der Waals surface area contributed by atoms with Gasteiger partial charge in [-0.3, -0.25) is 9.59 Å². The van der Waals surface area contributed by atoms with Crippen LogP contribution in [0.1, 0.15) is 39.8 Å². The number of nitrogens with zero attached hydrogens (tertiary/aromatic N) is 6. The van der Waals surface area contributed by atoms with Crippen LogP contribution in [0.25, 0.3) is 0 Å². The lowest BCUT2D eigenvalue weighted by atomic mass is 9.83. The van der Waals surface area contributed by atoms with E-state index in [0.717, 1.165) is 36.7 Å². The van der Waals surface area contributed by atoms with Gasteiger partial charge < -0.3 is 18.9 Å². The molecule has 9 nitrogen and oxygen atoms in total. The first-order valence-corrected chi connectivity index (χ1v) is 10.4. The summed E-state index contributed by atoms with van der Waals surface area (Å²) in [5.74, 6) is 1.18. The minimum Gasteiger partial charge on any atom is -0.364 e. The molecule has 5 heterocycles. The molecular weight excluding hydrogens is 396 g/mol. The van der Waals surface area contributed by atoms with Crippen LogP contribution in [0, 0.1) is 12.8 Å². The lowest BCUT2D eigenvalue weighted by Crippen LogP contribution is -2.48. The number of fused-ring (bicyclic) bond motifs is 4. The lowest BCUT2D eigenvalue weighted by molar-refractivity contribution is 0.0779. The van der Waals surface area contributed by atoms with Crippen molar-refractivity contribution in [3.05, 3.63) is 69.9 Å². The van der Waals surface area contributed by atoms with E-state index in [1.54, 1.807) is 30.1 Å². The summed E-state index contributed by atoms with van der Waals surface area (Å²) in [6.45, 7) is 4.49. The first kappa shape index (κ1) is 19.5. The summed E-state index contributed by atoms with van der Waals surface area (Å²) in [5, 5.41) is 3.84. The molecule has 0 spiro atoms. The zero-order valence-electron chi connectivity index (χ0n) is 17.6. The number of amides is 1. The average Bonchev–Trinajstić information content (AvgIpc) is 3.27. The van der Waals surface area contributed by atoms with Crippen molar-refractivity contribution in [1.29, 1.82) is 0 Å². The van der Waals surface area contributed by atoms with Gasteiger partial charge in [0.1, 0.15) is 29.7 Å². The molecule has 160 valence electrons. The smallest absolute Gasteiger partial charge is 0.263 e. The molecule has 9 heteroatoms. The third-order valence-electron chi connectivity index (χ3n) is 6.19. The third kappa shape index (κ3) is 3.60. The van der Waals surface area contributed by atoms with Gasteiger partial charge in [0, 0.05) is 56.1 Å². The van der Waals surface area contributed by atoms with Crippen molar-refractivity contribution in [2.45, 2.75) is 32.4 Å². The van der Waals surface area contributed by atoms with Crippen molar-refractivity contribution in [3.63, 3.8) is 0 Å². The van der Waals surface area contributed by atoms with Crippen molar-refractivity contribution in [1.82, 2.24) is 24.6 Å². The van der Waals surface area contributed by atoms with Gasteiger partial charge in [0.15, 0.2) is 0 Å². The summed E-state index contributed by atoms with van der Waals surface area (Å²) in [6, 6.07) is 7.31. The predicted molar refractivity (Wildman–Crippen MR) is 113 cm³/mol. The number of aryl methyl sites for hydroxylation is 1. The van der Waals surface area contributed by atoms with Gasteiger partial charge in [-0.2, -0.15) is 0 Å². The van der Waals surface area contributed by atoms with Crippen LogP contribution in [-0.2, 0) is 13.1 Å². The molecule has 2 aliphatic rings. The number of carbonyl (C=O) groups excluding carboxylic acids is 1. The normalized spacial score (nSPS) is 19.7. The number of pyridine rings is 1. The second-order valence-corrected chi connectivity index (χ2v) is 8.46. The topological polar surface area (TPSA) is 97.4 Å². The monoisotopic (exact) mass is 420 g/mol. The van der Waals surface area contributed by atoms with Crippen LogP contribution in [0.4, 0.5) is 5.82 Å². The van der Waals surface area contributed by atoms with Gasteiger partial charge >= 0.3 is 0 Å². The molecule has 1 amide bonds. The number of hydrogen-bond donors (Lipinski definition) is 0. The Balaban J connectivity index is 1.40. The zero-order valence-corrected chi connectivity index (χ0v) is 17.6. The number of carbonyl (C=O) groups is 1. The molecule has 2 atom stereocenters. The second kappa shape index (κ2) is 7.64. The first-order chi connectivity index (χ1) is 15.0. The summed E-state index contributed by atoms with van der Waals surface area (Å²) in [6.07, 6.45) is 4.10. The van der Waals surface area contributed by atoms with Crippen LogP contribution in [0.15, 0.2) is 46.2 Å². The SMILES string of the molecule is Cc1cc(N2C[C@@H]3C[C@H](C2)c2ccc(C(=O)N(C)Cc4ccon4)c(=O)n2C3)ncn1. The van der Waals surface area contributed by atoms with Crippen LogP contribution >= 0.6 is 0 Å². The highest BCUT2D eigenvalue weighted by molar-refractivity contribution is 5.93. The minimum absolute atomic E-state index is 0.193. The fourth-order valence-electron chi connectivity index (χ4n) is 4.75. The van der Waals surface area contributed by atoms with E-state index in [1.807, 2.05) is 19.1 Å². The van der Waals surface area contributed by atoms with E-state index in [-0.39, 0.29) is 29.5 Å². The van der Waals surface area contributed by atoms with E-state index in [0.29, 0.717) is 18.2 Å². The maximum atomic E-state index is 13.2. The zero-order chi connectivity index (χ0) is 21.5. The summed E-state index contributed by atoms with van der Waals surface area (Å²) >= 11 is 0. The van der Waals surface area contributed by atoms with Gasteiger partial charge in [0.25, 0.3) is 11.5 Å². The van der Waals surface area contributed by atoms with Gasteiger partial charge in [-0.15, -0.1) is 0 Å². The van der Waals surface area contributed by atoms with Gasteiger partial charge in [0.2, 0.25) is 0 Å². The first-order valence-electron chi connectivity index (χ1n) is 10.4. The molecule has 2 aliphatic heterocycles. The van der Waals surface area contributed by atoms with Crippen molar-refractivity contribution in [2.75, 3.05) is 25.0 Å². The Morgan fingerprint density at radius 3 is 2.87 bits per heavy atom. The molecule has 1 fully saturated rings. The quantitative estimate of drug-likeness (QED) is 0.635. The van der Waals surface area contributed by atoms with Crippen LogP contribution in [0.2, 0.25) is 0 Å². The molecular formula is C22H24N6O3. The molecule has 5 rings (SSSR count).